The topological polar surface area (TPSA) is 119 Å². The highest BCUT2D eigenvalue weighted by Gasteiger charge is 2.26. The van der Waals surface area contributed by atoms with Gasteiger partial charge in [0.15, 0.2) is 6.04 Å². The first kappa shape index (κ1) is 14.7. The van der Waals surface area contributed by atoms with Crippen LogP contribution in [0.2, 0.25) is 0 Å². The van der Waals surface area contributed by atoms with Gasteiger partial charge in [-0.1, -0.05) is 0 Å². The summed E-state index contributed by atoms with van der Waals surface area (Å²) < 4.78 is 0. The zero-order valence-electron chi connectivity index (χ0n) is 10.3. The first-order valence-corrected chi connectivity index (χ1v) is 6.06. The van der Waals surface area contributed by atoms with Crippen LogP contribution in [0.4, 0.5) is 4.79 Å². The molecule has 0 bridgehead atoms. The molecular weight excluding hydrogens is 240 g/mol. The number of carbonyl (C=O) groups is 2. The van der Waals surface area contributed by atoms with E-state index in [1.165, 1.54) is 6.92 Å². The zero-order valence-corrected chi connectivity index (χ0v) is 10.3. The highest BCUT2D eigenvalue weighted by Crippen LogP contribution is 2.18. The molecule has 0 aromatic carbocycles. The third kappa shape index (κ3) is 4.50. The van der Waals surface area contributed by atoms with Crippen molar-refractivity contribution in [2.75, 3.05) is 0 Å². The second-order valence-corrected chi connectivity index (χ2v) is 4.68. The number of hydrogen-bond donors (Lipinski definition) is 5. The lowest BCUT2D eigenvalue weighted by Gasteiger charge is -2.27. The van der Waals surface area contributed by atoms with Gasteiger partial charge >= 0.3 is 12.0 Å². The molecule has 0 spiro atoms. The van der Waals surface area contributed by atoms with Crippen LogP contribution in [-0.2, 0) is 4.79 Å². The van der Waals surface area contributed by atoms with E-state index in [1.807, 2.05) is 0 Å². The van der Waals surface area contributed by atoms with Crippen molar-refractivity contribution < 1.29 is 24.9 Å². The second kappa shape index (κ2) is 6.55. The molecule has 0 saturated heterocycles. The summed E-state index contributed by atoms with van der Waals surface area (Å²) in [6.45, 7) is 1.30. The van der Waals surface area contributed by atoms with E-state index in [4.69, 9.17) is 5.11 Å². The molecule has 18 heavy (non-hydrogen) atoms. The standard InChI is InChI=1S/C11H20N2O5/c1-6(14)9(10(16)17)13-11(18)12-7-2-4-8(15)5-3-7/h6-9,14-15H,2-5H2,1H3,(H,16,17)(H2,12,13,18). The maximum Gasteiger partial charge on any atom is 0.328 e. The number of carboxylic acid groups (broad SMARTS) is 1. The number of aliphatic hydroxyl groups excluding tert-OH is 2. The molecule has 0 aromatic heterocycles. The number of hydrogen-bond acceptors (Lipinski definition) is 4. The molecule has 0 aromatic rings. The number of carboxylic acids is 1. The highest BCUT2D eigenvalue weighted by atomic mass is 16.4. The lowest BCUT2D eigenvalue weighted by atomic mass is 9.93. The Kier molecular flexibility index (Phi) is 5.36. The molecule has 1 aliphatic carbocycles. The molecule has 2 atom stereocenters. The van der Waals surface area contributed by atoms with Gasteiger partial charge in [-0.3, -0.25) is 0 Å². The summed E-state index contributed by atoms with van der Waals surface area (Å²) >= 11 is 0. The van der Waals surface area contributed by atoms with Crippen molar-refractivity contribution in [2.24, 2.45) is 0 Å². The number of carbonyl (C=O) groups excluding carboxylic acids is 1. The van der Waals surface area contributed by atoms with Gasteiger partial charge in [0.1, 0.15) is 0 Å². The summed E-state index contributed by atoms with van der Waals surface area (Å²) in [4.78, 5) is 22.3. The van der Waals surface area contributed by atoms with E-state index >= 15 is 0 Å². The lowest BCUT2D eigenvalue weighted by Crippen LogP contribution is -2.53. The molecular formula is C11H20N2O5. The monoisotopic (exact) mass is 260 g/mol. The SMILES string of the molecule is CC(O)C(NC(=O)NC1CCC(O)CC1)C(=O)O. The summed E-state index contributed by atoms with van der Waals surface area (Å²) in [5.74, 6) is -1.28. The van der Waals surface area contributed by atoms with E-state index < -0.39 is 24.1 Å². The molecule has 104 valence electrons. The van der Waals surface area contributed by atoms with E-state index in [1.54, 1.807) is 0 Å². The van der Waals surface area contributed by atoms with Crippen LogP contribution < -0.4 is 10.6 Å². The average molecular weight is 260 g/mol. The van der Waals surface area contributed by atoms with E-state index in [0.717, 1.165) is 0 Å². The Balaban J connectivity index is 2.38. The first-order valence-electron chi connectivity index (χ1n) is 6.06. The molecule has 1 fully saturated rings. The smallest absolute Gasteiger partial charge is 0.328 e. The van der Waals surface area contributed by atoms with Crippen molar-refractivity contribution in [2.45, 2.75) is 56.9 Å². The van der Waals surface area contributed by atoms with Gasteiger partial charge in [0.2, 0.25) is 0 Å². The molecule has 0 radical (unpaired) electrons. The molecule has 1 saturated carbocycles. The second-order valence-electron chi connectivity index (χ2n) is 4.68. The fourth-order valence-corrected chi connectivity index (χ4v) is 1.98. The third-order valence-electron chi connectivity index (χ3n) is 3.07. The minimum atomic E-state index is -1.32. The molecule has 5 N–H and O–H groups in total. The van der Waals surface area contributed by atoms with Gasteiger partial charge in [-0.15, -0.1) is 0 Å². The van der Waals surface area contributed by atoms with Gasteiger partial charge < -0.3 is 26.0 Å². The summed E-state index contributed by atoms with van der Waals surface area (Å²) in [6.07, 6.45) is 1.12. The van der Waals surface area contributed by atoms with Crippen LogP contribution >= 0.6 is 0 Å². The minimum absolute atomic E-state index is 0.0585. The van der Waals surface area contributed by atoms with E-state index in [0.29, 0.717) is 25.7 Å². The number of nitrogens with one attached hydrogen (secondary N) is 2. The van der Waals surface area contributed by atoms with Crippen LogP contribution in [0.25, 0.3) is 0 Å². The molecule has 7 heteroatoms. The summed E-state index contributed by atoms with van der Waals surface area (Å²) in [5, 5.41) is 32.2. The fraction of sp³-hybridized carbons (Fsp3) is 0.818. The maximum atomic E-state index is 11.6. The average Bonchev–Trinajstić information content (AvgIpc) is 2.28. The Labute approximate surface area is 105 Å². The van der Waals surface area contributed by atoms with Gasteiger partial charge in [-0.25, -0.2) is 9.59 Å². The van der Waals surface area contributed by atoms with Crippen LogP contribution in [0.3, 0.4) is 0 Å². The predicted molar refractivity (Wildman–Crippen MR) is 63.0 cm³/mol. The van der Waals surface area contributed by atoms with Crippen molar-refractivity contribution >= 4 is 12.0 Å². The van der Waals surface area contributed by atoms with Crippen molar-refractivity contribution in [1.82, 2.24) is 10.6 Å². The summed E-state index contributed by atoms with van der Waals surface area (Å²) in [5.41, 5.74) is 0. The number of rotatable bonds is 4. The van der Waals surface area contributed by atoms with Gasteiger partial charge in [-0.2, -0.15) is 0 Å². The minimum Gasteiger partial charge on any atom is -0.480 e. The lowest BCUT2D eigenvalue weighted by molar-refractivity contribution is -0.141. The van der Waals surface area contributed by atoms with Gasteiger partial charge in [0.25, 0.3) is 0 Å². The normalized spacial score (nSPS) is 27.1. The van der Waals surface area contributed by atoms with Crippen LogP contribution in [-0.4, -0.2) is 51.6 Å². The third-order valence-corrected chi connectivity index (χ3v) is 3.07. The summed E-state index contributed by atoms with van der Waals surface area (Å²) in [7, 11) is 0. The predicted octanol–water partition coefficient (Wildman–Crippen LogP) is -0.577. The van der Waals surface area contributed by atoms with Crippen LogP contribution in [0, 0.1) is 0 Å². The zero-order chi connectivity index (χ0) is 13.7. The van der Waals surface area contributed by atoms with Gasteiger partial charge in [0.05, 0.1) is 12.2 Å². The Bertz CT molecular complexity index is 300. The Hall–Kier alpha value is -1.34. The number of amides is 2. The van der Waals surface area contributed by atoms with Crippen molar-refractivity contribution in [3.8, 4) is 0 Å². The van der Waals surface area contributed by atoms with Crippen molar-refractivity contribution in [3.05, 3.63) is 0 Å². The largest absolute Gasteiger partial charge is 0.480 e. The number of urea groups is 1. The molecule has 0 aliphatic heterocycles. The fourth-order valence-electron chi connectivity index (χ4n) is 1.98. The quantitative estimate of drug-likeness (QED) is 0.463. The van der Waals surface area contributed by atoms with Crippen LogP contribution in [0.15, 0.2) is 0 Å². The molecule has 1 aliphatic rings. The number of aliphatic carboxylic acids is 1. The summed E-state index contributed by atoms with van der Waals surface area (Å²) in [6, 6.07) is -1.99. The molecule has 0 heterocycles. The van der Waals surface area contributed by atoms with Crippen molar-refractivity contribution in [3.63, 3.8) is 0 Å². The maximum absolute atomic E-state index is 11.6. The van der Waals surface area contributed by atoms with Crippen molar-refractivity contribution in [1.29, 1.82) is 0 Å². The molecule has 2 amide bonds. The Morgan fingerprint density at radius 2 is 1.78 bits per heavy atom. The van der Waals surface area contributed by atoms with E-state index in [2.05, 4.69) is 10.6 Å². The Morgan fingerprint density at radius 1 is 1.22 bits per heavy atom. The van der Waals surface area contributed by atoms with E-state index in [-0.39, 0.29) is 12.1 Å². The molecule has 7 nitrogen and oxygen atoms in total. The van der Waals surface area contributed by atoms with Crippen LogP contribution in [0.1, 0.15) is 32.6 Å². The van der Waals surface area contributed by atoms with Gasteiger partial charge in [0, 0.05) is 6.04 Å². The number of aliphatic hydroxyl groups is 2. The van der Waals surface area contributed by atoms with Gasteiger partial charge in [-0.05, 0) is 32.6 Å². The molecule has 2 unspecified atom stereocenters. The Morgan fingerprint density at radius 3 is 2.22 bits per heavy atom. The molecule has 1 rings (SSSR count). The van der Waals surface area contributed by atoms with Crippen LogP contribution in [0.5, 0.6) is 0 Å². The highest BCUT2D eigenvalue weighted by molar-refractivity contribution is 5.83. The first-order chi connectivity index (χ1) is 8.40. The van der Waals surface area contributed by atoms with E-state index in [9.17, 15) is 19.8 Å².